The molecule has 5 fully saturated rings. The molecule has 0 spiro atoms. The molecule has 0 aromatic rings. The summed E-state index contributed by atoms with van der Waals surface area (Å²) in [6.07, 6.45) is 20.7. The van der Waals surface area contributed by atoms with E-state index in [0.29, 0.717) is 29.9 Å². The van der Waals surface area contributed by atoms with Crippen molar-refractivity contribution >= 4 is 51.9 Å². The molecular weight excluding hydrogens is 770 g/mol. The van der Waals surface area contributed by atoms with E-state index in [1.54, 1.807) is 11.8 Å². The summed E-state index contributed by atoms with van der Waals surface area (Å²) in [5.74, 6) is -0.646. The van der Waals surface area contributed by atoms with Crippen LogP contribution in [0.5, 0.6) is 0 Å². The molecule has 3 aliphatic carbocycles. The number of hydrogen-bond acceptors (Lipinski definition) is 7. The molecular formula is C46H78LiN3O7Si2. The first-order chi connectivity index (χ1) is 27.0. The molecule has 13 heteroatoms. The number of amides is 3. The molecule has 0 aromatic heterocycles. The molecule has 0 aromatic carbocycles. The van der Waals surface area contributed by atoms with Crippen LogP contribution in [-0.4, -0.2) is 68.9 Å². The van der Waals surface area contributed by atoms with E-state index in [4.69, 9.17) is 4.65 Å². The van der Waals surface area contributed by atoms with Crippen LogP contribution in [-0.2, 0) is 33.5 Å². The second-order valence-electron chi connectivity index (χ2n) is 19.4. The third-order valence-electron chi connectivity index (χ3n) is 11.5. The molecule has 3 amide bonds. The van der Waals surface area contributed by atoms with Crippen LogP contribution in [0.2, 0.25) is 39.3 Å². The summed E-state index contributed by atoms with van der Waals surface area (Å²) in [5, 5.41) is 2.97. The van der Waals surface area contributed by atoms with Gasteiger partial charge in [-0.2, -0.15) is 0 Å². The van der Waals surface area contributed by atoms with Gasteiger partial charge in [-0.3, -0.25) is 24.1 Å². The molecule has 1 N–H and O–H groups in total. The molecule has 0 bridgehead atoms. The van der Waals surface area contributed by atoms with Crippen molar-refractivity contribution in [1.82, 2.24) is 10.2 Å². The van der Waals surface area contributed by atoms with E-state index in [-0.39, 0.29) is 71.4 Å². The fourth-order valence-electron chi connectivity index (χ4n) is 8.74. The van der Waals surface area contributed by atoms with Crippen LogP contribution in [0.25, 0.3) is 4.65 Å². The van der Waals surface area contributed by atoms with Gasteiger partial charge in [0.2, 0.25) is 17.7 Å². The topological polar surface area (TPSA) is 141 Å². The number of Topliss-reactive ketones (excluding diaryl/α,β-unsaturated/α-hetero) is 1. The number of imide groups is 1. The van der Waals surface area contributed by atoms with Crippen LogP contribution in [0.4, 0.5) is 0 Å². The van der Waals surface area contributed by atoms with Gasteiger partial charge in [0.15, 0.2) is 5.78 Å². The third-order valence-corrected chi connectivity index (χ3v) is 16.9. The van der Waals surface area contributed by atoms with E-state index in [1.807, 2.05) is 0 Å². The quantitative estimate of drug-likeness (QED) is 0.0666. The molecule has 0 radical (unpaired) electrons. The van der Waals surface area contributed by atoms with Gasteiger partial charge in [0.05, 0.1) is 17.9 Å². The summed E-state index contributed by atoms with van der Waals surface area (Å²) in [6, 6.07) is 0.663. The van der Waals surface area contributed by atoms with Crippen LogP contribution >= 0.6 is 0 Å². The molecule has 2 saturated heterocycles. The van der Waals surface area contributed by atoms with Gasteiger partial charge < -0.3 is 14.7 Å². The summed E-state index contributed by atoms with van der Waals surface area (Å²) in [4.78, 5) is 72.5. The van der Waals surface area contributed by atoms with Crippen molar-refractivity contribution in [1.29, 1.82) is 0 Å². The zero-order valence-electron chi connectivity index (χ0n) is 38.8. The third kappa shape index (κ3) is 19.5. The average Bonchev–Trinajstić information content (AvgIpc) is 3.07. The number of carbonyl (C=O) groups is 6. The molecule has 5 aliphatic rings. The number of hydrogen-bond donors (Lipinski definition) is 1. The number of nitrogens with zero attached hydrogens (tertiary/aromatic N) is 2. The van der Waals surface area contributed by atoms with Crippen LogP contribution in [0.15, 0.2) is 36.5 Å². The Labute approximate surface area is 371 Å². The summed E-state index contributed by atoms with van der Waals surface area (Å²) in [7, 11) is -2.21. The van der Waals surface area contributed by atoms with Gasteiger partial charge in [-0.05, 0) is 70.8 Å². The maximum atomic E-state index is 13.4. The van der Waals surface area contributed by atoms with Crippen molar-refractivity contribution in [3.63, 3.8) is 0 Å². The van der Waals surface area contributed by atoms with E-state index < -0.39 is 28.4 Å². The van der Waals surface area contributed by atoms with E-state index in [2.05, 4.69) is 69.1 Å². The molecule has 2 heterocycles. The zero-order valence-corrected chi connectivity index (χ0v) is 40.8. The van der Waals surface area contributed by atoms with Gasteiger partial charge in [-0.15, -0.1) is 0 Å². The van der Waals surface area contributed by atoms with Crippen molar-refractivity contribution in [3.05, 3.63) is 41.1 Å². The maximum Gasteiger partial charge on any atom is 1.00 e. The predicted octanol–water partition coefficient (Wildman–Crippen LogP) is 7.51. The first-order valence-electron chi connectivity index (χ1n) is 22.2. The molecule has 5 rings (SSSR count). The number of fused-ring (bicyclic) bond motifs is 2. The molecule has 2 aliphatic heterocycles. The molecule has 6 atom stereocenters. The van der Waals surface area contributed by atoms with E-state index >= 15 is 0 Å². The first kappa shape index (κ1) is 54.6. The van der Waals surface area contributed by atoms with Crippen molar-refractivity contribution in [2.45, 2.75) is 194 Å². The Morgan fingerprint density at radius 3 is 1.53 bits per heavy atom. The van der Waals surface area contributed by atoms with Crippen molar-refractivity contribution < 1.29 is 52.4 Å². The predicted molar refractivity (Wildman–Crippen MR) is 240 cm³/mol. The van der Waals surface area contributed by atoms with Crippen LogP contribution < -0.4 is 24.2 Å². The monoisotopic (exact) mass is 848 g/mol. The Hall–Kier alpha value is -2.37. The summed E-state index contributed by atoms with van der Waals surface area (Å²) in [6.45, 7) is 28.9. The van der Waals surface area contributed by atoms with Gasteiger partial charge in [0, 0.05) is 29.5 Å². The number of rotatable bonds is 8. The number of allylic oxidation sites excluding steroid dienone is 1. The van der Waals surface area contributed by atoms with E-state index in [9.17, 15) is 28.8 Å². The van der Waals surface area contributed by atoms with Crippen molar-refractivity contribution in [2.75, 3.05) is 0 Å². The second-order valence-corrected chi connectivity index (χ2v) is 29.0. The van der Waals surface area contributed by atoms with Crippen molar-refractivity contribution in [3.8, 4) is 0 Å². The molecule has 0 unspecified atom stereocenters. The van der Waals surface area contributed by atoms with E-state index in [0.717, 1.165) is 64.2 Å². The number of ketones is 1. The van der Waals surface area contributed by atoms with Crippen molar-refractivity contribution in [2.24, 2.45) is 23.7 Å². The standard InChI is InChI=1S/C23H35NO3.C9H15NO.C8H10O3.C6H18NSi2.Li/c1-16(2)21(25)15-17-11-7-3-4-8-12-18(17)22(26)24-20-14-10-6-5-9-13-19(20)23(24)27;11-9-7-5-3-1-2-4-6-8(7)10-9;1-5(2)7(9)11-8(10)6(3)4;1-8(2,3)7-9(4,5)6;/h17-20H,1,3-15H2,2H3;7-8H,1-6H2,(H,10,11);1,3H2,2,4H3;1-6H3;/q;;;-1;+1/t17-,18-,19-,20+;7-,8+;;;/m11.../s1. The zero-order chi connectivity index (χ0) is 43.8. The number of ether oxygens (including phenoxy) is 1. The number of esters is 2. The van der Waals surface area contributed by atoms with Gasteiger partial charge in [0.1, 0.15) is 0 Å². The largest absolute Gasteiger partial charge is 1.00 e. The molecule has 328 valence electrons. The Morgan fingerprint density at radius 2 is 1.08 bits per heavy atom. The summed E-state index contributed by atoms with van der Waals surface area (Å²) >= 11 is 0. The maximum absolute atomic E-state index is 13.4. The summed E-state index contributed by atoms with van der Waals surface area (Å²) in [5.41, 5.74) is 0.961. The summed E-state index contributed by atoms with van der Waals surface area (Å²) < 4.78 is 9.12. The van der Waals surface area contributed by atoms with E-state index in [1.165, 1.54) is 65.2 Å². The number of likely N-dealkylation sites (tertiary alicyclic amines) is 1. The van der Waals surface area contributed by atoms with Crippen LogP contribution in [0, 0.1) is 23.7 Å². The Kier molecular flexibility index (Phi) is 24.3. The minimum Gasteiger partial charge on any atom is -0.668 e. The first-order valence-corrected chi connectivity index (χ1v) is 29.1. The van der Waals surface area contributed by atoms with Gasteiger partial charge in [-0.1, -0.05) is 153 Å². The van der Waals surface area contributed by atoms with Gasteiger partial charge in [-0.25, -0.2) is 9.59 Å². The average molecular weight is 848 g/mol. The van der Waals surface area contributed by atoms with Crippen LogP contribution in [0.1, 0.15) is 143 Å². The second kappa shape index (κ2) is 26.2. The molecule has 3 saturated carbocycles. The van der Waals surface area contributed by atoms with Crippen LogP contribution in [0.3, 0.4) is 0 Å². The van der Waals surface area contributed by atoms with Gasteiger partial charge in [0.25, 0.3) is 0 Å². The SMILES string of the molecule is C=C(C)C(=O)C[C@H]1CCCCCC[C@H]1C(=O)N1C(=O)[C@@H]2CCCCCC[C@@H]21.C=C(C)C(=O)OC(=O)C(=C)C.C[Si](C)(C)[N-][Si](C)(C)C.O=C1N[C@H]2CCCCCC[C@@H]12.[Li+]. The fourth-order valence-corrected chi connectivity index (χ4v) is 16.8. The fraction of sp³-hybridized carbons (Fsp3) is 0.739. The number of carbonyl (C=O) groups excluding carboxylic acids is 6. The molecule has 10 nitrogen and oxygen atoms in total. The van der Waals surface area contributed by atoms with Gasteiger partial charge >= 0.3 is 30.8 Å². The normalized spacial score (nSPS) is 25.5. The Bertz CT molecular complexity index is 1450. The Morgan fingerprint density at radius 1 is 0.644 bits per heavy atom. The number of nitrogens with one attached hydrogen (secondary N) is 1. The smallest absolute Gasteiger partial charge is 0.668 e. The Balaban J connectivity index is 0.000000450. The number of β-lactam (4-membered cyclic amide) rings is 2. The minimum absolute atomic E-state index is 0. The minimum atomic E-state index is -1.11. The molecule has 59 heavy (non-hydrogen) atoms.